The zero-order valence-corrected chi connectivity index (χ0v) is 9.84. The van der Waals surface area contributed by atoms with E-state index >= 15 is 0 Å². The fourth-order valence-corrected chi connectivity index (χ4v) is 2.06. The first-order valence-corrected chi connectivity index (χ1v) is 5.27. The molecule has 1 aromatic rings. The summed E-state index contributed by atoms with van der Waals surface area (Å²) in [5.41, 5.74) is -0.661. The molecule has 88 valence electrons. The molecule has 2 N–H and O–H groups in total. The number of benzene rings is 1. The third-order valence-corrected chi connectivity index (χ3v) is 3.14. The Balaban J connectivity index is 2.64. The molecule has 4 nitrogen and oxygen atoms in total. The molecule has 1 saturated carbocycles. The Hall–Kier alpha value is -1.13. The van der Waals surface area contributed by atoms with Crippen molar-refractivity contribution in [3.63, 3.8) is 0 Å². The molecule has 0 saturated heterocycles. The SMILES string of the molecule is COc1cc(O)c(C2(O)CC2)c(OC)c1Cl. The van der Waals surface area contributed by atoms with Gasteiger partial charge in [-0.2, -0.15) is 0 Å². The van der Waals surface area contributed by atoms with Crippen LogP contribution in [0.3, 0.4) is 0 Å². The van der Waals surface area contributed by atoms with Crippen LogP contribution in [0.4, 0.5) is 0 Å². The molecule has 0 heterocycles. The van der Waals surface area contributed by atoms with E-state index in [0.717, 1.165) is 0 Å². The summed E-state index contributed by atoms with van der Waals surface area (Å²) in [4.78, 5) is 0. The molecule has 1 aromatic carbocycles. The fraction of sp³-hybridized carbons (Fsp3) is 0.455. The molecule has 0 spiro atoms. The summed E-state index contributed by atoms with van der Waals surface area (Å²) in [6.07, 6.45) is 1.19. The third-order valence-electron chi connectivity index (χ3n) is 2.78. The molecule has 2 rings (SSSR count). The van der Waals surface area contributed by atoms with Crippen molar-refractivity contribution in [2.75, 3.05) is 14.2 Å². The molecule has 0 amide bonds. The Morgan fingerprint density at radius 2 is 1.94 bits per heavy atom. The minimum atomic E-state index is -1.01. The maximum absolute atomic E-state index is 10.0. The summed E-state index contributed by atoms with van der Waals surface area (Å²) in [6, 6.07) is 1.39. The van der Waals surface area contributed by atoms with E-state index in [1.54, 1.807) is 0 Å². The van der Waals surface area contributed by atoms with E-state index in [9.17, 15) is 10.2 Å². The highest BCUT2D eigenvalue weighted by Gasteiger charge is 2.47. The van der Waals surface area contributed by atoms with Crippen molar-refractivity contribution in [3.05, 3.63) is 16.7 Å². The molecule has 0 aromatic heterocycles. The van der Waals surface area contributed by atoms with Gasteiger partial charge in [0.25, 0.3) is 0 Å². The van der Waals surface area contributed by atoms with Crippen LogP contribution in [-0.4, -0.2) is 24.4 Å². The molecule has 1 aliphatic rings. The Bertz CT molecular complexity index is 426. The van der Waals surface area contributed by atoms with Crippen molar-refractivity contribution in [2.24, 2.45) is 0 Å². The number of hydrogen-bond acceptors (Lipinski definition) is 4. The summed E-state index contributed by atoms with van der Waals surface area (Å²) in [5.74, 6) is 0.542. The van der Waals surface area contributed by atoms with Gasteiger partial charge in [-0.25, -0.2) is 0 Å². The number of aromatic hydroxyl groups is 1. The average Bonchev–Trinajstić information content (AvgIpc) is 2.99. The van der Waals surface area contributed by atoms with Crippen molar-refractivity contribution in [1.29, 1.82) is 0 Å². The predicted octanol–water partition coefficient (Wildman–Crippen LogP) is 2.04. The van der Waals surface area contributed by atoms with Crippen LogP contribution in [0.2, 0.25) is 5.02 Å². The fourth-order valence-electron chi connectivity index (χ4n) is 1.76. The topological polar surface area (TPSA) is 58.9 Å². The number of rotatable bonds is 3. The normalized spacial score (nSPS) is 17.0. The van der Waals surface area contributed by atoms with Crippen LogP contribution in [0.5, 0.6) is 17.2 Å². The standard InChI is InChI=1S/C11H13ClO4/c1-15-7-5-6(13)8(11(14)3-4-11)10(16-2)9(7)12/h5,13-14H,3-4H2,1-2H3. The lowest BCUT2D eigenvalue weighted by molar-refractivity contribution is 0.143. The lowest BCUT2D eigenvalue weighted by atomic mass is 10.0. The largest absolute Gasteiger partial charge is 0.507 e. The highest BCUT2D eigenvalue weighted by Crippen LogP contribution is 2.55. The van der Waals surface area contributed by atoms with Gasteiger partial charge in [0.1, 0.15) is 16.5 Å². The number of methoxy groups -OCH3 is 2. The van der Waals surface area contributed by atoms with E-state index in [1.165, 1.54) is 20.3 Å². The number of ether oxygens (including phenoxy) is 2. The number of hydrogen-bond donors (Lipinski definition) is 2. The molecule has 0 radical (unpaired) electrons. The maximum atomic E-state index is 10.0. The van der Waals surface area contributed by atoms with Crippen molar-refractivity contribution in [2.45, 2.75) is 18.4 Å². The van der Waals surface area contributed by atoms with Gasteiger partial charge < -0.3 is 19.7 Å². The van der Waals surface area contributed by atoms with Crippen LogP contribution in [0.25, 0.3) is 0 Å². The van der Waals surface area contributed by atoms with E-state index in [2.05, 4.69) is 0 Å². The third kappa shape index (κ3) is 1.58. The Kier molecular flexibility index (Phi) is 2.64. The van der Waals surface area contributed by atoms with Crippen LogP contribution in [0, 0.1) is 0 Å². The van der Waals surface area contributed by atoms with Crippen molar-refractivity contribution >= 4 is 11.6 Å². The van der Waals surface area contributed by atoms with Crippen molar-refractivity contribution < 1.29 is 19.7 Å². The molecule has 0 bridgehead atoms. The lowest BCUT2D eigenvalue weighted by Crippen LogP contribution is -2.08. The van der Waals surface area contributed by atoms with E-state index in [-0.39, 0.29) is 16.5 Å². The van der Waals surface area contributed by atoms with E-state index in [0.29, 0.717) is 24.2 Å². The van der Waals surface area contributed by atoms with Gasteiger partial charge >= 0.3 is 0 Å². The van der Waals surface area contributed by atoms with Gasteiger partial charge in [-0.1, -0.05) is 11.6 Å². The van der Waals surface area contributed by atoms with Crippen LogP contribution in [-0.2, 0) is 5.60 Å². The van der Waals surface area contributed by atoms with Crippen LogP contribution >= 0.6 is 11.6 Å². The highest BCUT2D eigenvalue weighted by atomic mass is 35.5. The number of phenols is 1. The first-order valence-electron chi connectivity index (χ1n) is 4.90. The molecule has 0 atom stereocenters. The monoisotopic (exact) mass is 244 g/mol. The molecular formula is C11H13ClO4. The Labute approximate surface area is 98.4 Å². The second-order valence-corrected chi connectivity index (χ2v) is 4.23. The first kappa shape index (κ1) is 11.4. The van der Waals surface area contributed by atoms with E-state index in [4.69, 9.17) is 21.1 Å². The second-order valence-electron chi connectivity index (χ2n) is 3.85. The van der Waals surface area contributed by atoms with Gasteiger partial charge in [-0.05, 0) is 12.8 Å². The number of aliphatic hydroxyl groups is 1. The molecule has 0 unspecified atom stereocenters. The zero-order chi connectivity index (χ0) is 11.9. The molecule has 0 aliphatic heterocycles. The molecule has 5 heteroatoms. The van der Waals surface area contributed by atoms with Gasteiger partial charge in [0.05, 0.1) is 25.4 Å². The quantitative estimate of drug-likeness (QED) is 0.854. The second kappa shape index (κ2) is 3.71. The van der Waals surface area contributed by atoms with E-state index in [1.807, 2.05) is 0 Å². The minimum absolute atomic E-state index is 0.0573. The summed E-state index contributed by atoms with van der Waals surface area (Å²) >= 11 is 6.05. The number of halogens is 1. The van der Waals surface area contributed by atoms with Crippen LogP contribution in [0.1, 0.15) is 18.4 Å². The molecule has 1 aliphatic carbocycles. The van der Waals surface area contributed by atoms with Crippen molar-refractivity contribution in [1.82, 2.24) is 0 Å². The maximum Gasteiger partial charge on any atom is 0.151 e. The molecular weight excluding hydrogens is 232 g/mol. The van der Waals surface area contributed by atoms with Gasteiger partial charge in [0.15, 0.2) is 5.75 Å². The summed E-state index contributed by atoms with van der Waals surface area (Å²) in [6.45, 7) is 0. The average molecular weight is 245 g/mol. The van der Waals surface area contributed by atoms with Gasteiger partial charge in [0.2, 0.25) is 0 Å². The molecule has 16 heavy (non-hydrogen) atoms. The predicted molar refractivity (Wildman–Crippen MR) is 59.4 cm³/mol. The van der Waals surface area contributed by atoms with Gasteiger partial charge in [-0.3, -0.25) is 0 Å². The lowest BCUT2D eigenvalue weighted by Gasteiger charge is -2.18. The smallest absolute Gasteiger partial charge is 0.151 e. The van der Waals surface area contributed by atoms with Crippen LogP contribution in [0.15, 0.2) is 6.07 Å². The van der Waals surface area contributed by atoms with Crippen LogP contribution < -0.4 is 9.47 Å². The zero-order valence-electron chi connectivity index (χ0n) is 9.08. The Morgan fingerprint density at radius 1 is 1.31 bits per heavy atom. The first-order chi connectivity index (χ1) is 7.53. The summed E-state index contributed by atoms with van der Waals surface area (Å²) in [7, 11) is 2.89. The minimum Gasteiger partial charge on any atom is -0.507 e. The van der Waals surface area contributed by atoms with Gasteiger partial charge in [-0.15, -0.1) is 0 Å². The van der Waals surface area contributed by atoms with Crippen molar-refractivity contribution in [3.8, 4) is 17.2 Å². The molecule has 1 fully saturated rings. The summed E-state index contributed by atoms with van der Waals surface area (Å²) in [5, 5.41) is 20.2. The highest BCUT2D eigenvalue weighted by molar-refractivity contribution is 6.33. The number of phenolic OH excluding ortho intramolecular Hbond substituents is 1. The summed E-state index contributed by atoms with van der Waals surface area (Å²) < 4.78 is 10.1. The Morgan fingerprint density at radius 3 is 2.38 bits per heavy atom. The van der Waals surface area contributed by atoms with E-state index < -0.39 is 5.60 Å². The van der Waals surface area contributed by atoms with Gasteiger partial charge in [0, 0.05) is 6.07 Å².